The zero-order chi connectivity index (χ0) is 16.8. The number of nitro benzene ring substituents is 1. The van der Waals surface area contributed by atoms with Crippen molar-refractivity contribution >= 4 is 21.4 Å². The van der Waals surface area contributed by atoms with Crippen LogP contribution in [-0.2, 0) is 16.4 Å². The van der Waals surface area contributed by atoms with Crippen molar-refractivity contribution in [1.82, 2.24) is 0 Å². The lowest BCUT2D eigenvalue weighted by molar-refractivity contribution is -0.384. The Labute approximate surface area is 132 Å². The molecule has 0 bridgehead atoms. The fourth-order valence-electron chi connectivity index (χ4n) is 2.61. The molecular weight excluding hydrogens is 323 g/mol. The van der Waals surface area contributed by atoms with Gasteiger partial charge in [-0.05, 0) is 42.7 Å². The lowest BCUT2D eigenvalue weighted by atomic mass is 10.1. The Balaban J connectivity index is 2.08. The Hall–Kier alpha value is -2.48. The van der Waals surface area contributed by atoms with E-state index in [1.807, 2.05) is 0 Å². The number of hydrogen-bond donors (Lipinski definition) is 0. The monoisotopic (exact) mass is 336 g/mol. The van der Waals surface area contributed by atoms with Gasteiger partial charge in [0.2, 0.25) is 0 Å². The topological polar surface area (TPSA) is 80.5 Å². The number of fused-ring (bicyclic) bond motifs is 1. The summed E-state index contributed by atoms with van der Waals surface area (Å²) in [5, 5.41) is 10.9. The Kier molecular flexibility index (Phi) is 3.56. The standard InChI is InChI=1S/C15H13FN2O4S/c1-10-8-13(4-5-14(10)16)23(21,22)17-7-6-11-2-3-12(18(19)20)9-15(11)17/h2-5,8-9H,6-7H2,1H3. The second-order valence-electron chi connectivity index (χ2n) is 5.31. The summed E-state index contributed by atoms with van der Waals surface area (Å²) in [7, 11) is -3.89. The first-order valence-corrected chi connectivity index (χ1v) is 8.31. The molecule has 1 aliphatic heterocycles. The van der Waals surface area contributed by atoms with Crippen LogP contribution < -0.4 is 4.31 Å². The summed E-state index contributed by atoms with van der Waals surface area (Å²) in [4.78, 5) is 10.3. The summed E-state index contributed by atoms with van der Waals surface area (Å²) >= 11 is 0. The highest BCUT2D eigenvalue weighted by Crippen LogP contribution is 2.35. The maximum atomic E-state index is 13.4. The zero-order valence-electron chi connectivity index (χ0n) is 12.2. The smallest absolute Gasteiger partial charge is 0.265 e. The molecule has 1 heterocycles. The van der Waals surface area contributed by atoms with E-state index < -0.39 is 20.8 Å². The van der Waals surface area contributed by atoms with Gasteiger partial charge in [-0.2, -0.15) is 0 Å². The van der Waals surface area contributed by atoms with Gasteiger partial charge in [-0.1, -0.05) is 6.07 Å². The molecule has 0 unspecified atom stereocenters. The third kappa shape index (κ3) is 2.55. The number of nitrogens with zero attached hydrogens (tertiary/aromatic N) is 2. The molecule has 0 aliphatic carbocycles. The third-order valence-corrected chi connectivity index (χ3v) is 5.66. The molecule has 0 aromatic heterocycles. The lowest BCUT2D eigenvalue weighted by Crippen LogP contribution is -2.29. The third-order valence-electron chi connectivity index (χ3n) is 3.85. The first-order chi connectivity index (χ1) is 10.8. The molecule has 2 aromatic carbocycles. The molecule has 23 heavy (non-hydrogen) atoms. The van der Waals surface area contributed by atoms with Crippen molar-refractivity contribution < 1.29 is 17.7 Å². The molecule has 0 radical (unpaired) electrons. The van der Waals surface area contributed by atoms with E-state index in [-0.39, 0.29) is 22.7 Å². The van der Waals surface area contributed by atoms with Crippen LogP contribution in [0.4, 0.5) is 15.8 Å². The number of aryl methyl sites for hydroxylation is 1. The highest BCUT2D eigenvalue weighted by atomic mass is 32.2. The van der Waals surface area contributed by atoms with E-state index in [0.717, 1.165) is 15.9 Å². The fourth-order valence-corrected chi connectivity index (χ4v) is 4.19. The van der Waals surface area contributed by atoms with Crippen LogP contribution in [0.1, 0.15) is 11.1 Å². The first kappa shape index (κ1) is 15.4. The molecule has 0 saturated carbocycles. The second kappa shape index (κ2) is 5.31. The van der Waals surface area contributed by atoms with Crippen LogP contribution in [0.2, 0.25) is 0 Å². The molecule has 0 amide bonds. The van der Waals surface area contributed by atoms with Gasteiger partial charge >= 0.3 is 0 Å². The SMILES string of the molecule is Cc1cc(S(=O)(=O)N2CCc3ccc([N+](=O)[O-])cc32)ccc1F. The van der Waals surface area contributed by atoms with E-state index in [1.54, 1.807) is 6.07 Å². The summed E-state index contributed by atoms with van der Waals surface area (Å²) in [6.45, 7) is 1.69. The van der Waals surface area contributed by atoms with Crippen molar-refractivity contribution in [3.8, 4) is 0 Å². The predicted octanol–water partition coefficient (Wildman–Crippen LogP) is 2.79. The molecule has 3 rings (SSSR count). The van der Waals surface area contributed by atoms with Crippen LogP contribution >= 0.6 is 0 Å². The normalized spacial score (nSPS) is 13.9. The quantitative estimate of drug-likeness (QED) is 0.637. The van der Waals surface area contributed by atoms with Gasteiger partial charge in [0.05, 0.1) is 15.5 Å². The van der Waals surface area contributed by atoms with Crippen molar-refractivity contribution in [2.45, 2.75) is 18.2 Å². The molecule has 8 heteroatoms. The number of non-ortho nitro benzene ring substituents is 1. The average Bonchev–Trinajstić information content (AvgIpc) is 2.93. The largest absolute Gasteiger partial charge is 0.271 e. The Morgan fingerprint density at radius 3 is 2.61 bits per heavy atom. The minimum Gasteiger partial charge on any atom is -0.265 e. The molecule has 2 aromatic rings. The van der Waals surface area contributed by atoms with E-state index >= 15 is 0 Å². The Bertz CT molecular complexity index is 912. The van der Waals surface area contributed by atoms with Gasteiger partial charge in [0.15, 0.2) is 0 Å². The van der Waals surface area contributed by atoms with Crippen LogP contribution in [0, 0.1) is 22.9 Å². The summed E-state index contributed by atoms with van der Waals surface area (Å²) in [6.07, 6.45) is 0.479. The molecule has 120 valence electrons. The Morgan fingerprint density at radius 2 is 1.96 bits per heavy atom. The van der Waals surface area contributed by atoms with Gasteiger partial charge < -0.3 is 0 Å². The highest BCUT2D eigenvalue weighted by molar-refractivity contribution is 7.92. The molecular formula is C15H13FN2O4S. The number of benzene rings is 2. The second-order valence-corrected chi connectivity index (χ2v) is 7.17. The van der Waals surface area contributed by atoms with E-state index in [2.05, 4.69) is 0 Å². The van der Waals surface area contributed by atoms with E-state index in [1.165, 1.54) is 31.2 Å². The summed E-state index contributed by atoms with van der Waals surface area (Å²) in [5.41, 5.74) is 1.10. The fraction of sp³-hybridized carbons (Fsp3) is 0.200. The summed E-state index contributed by atoms with van der Waals surface area (Å²) < 4.78 is 40.1. The lowest BCUT2D eigenvalue weighted by Gasteiger charge is -2.19. The number of anilines is 1. The molecule has 0 atom stereocenters. The Morgan fingerprint density at radius 1 is 1.22 bits per heavy atom. The van der Waals surface area contributed by atoms with Crippen molar-refractivity contribution in [3.05, 3.63) is 63.5 Å². The number of rotatable bonds is 3. The minimum atomic E-state index is -3.89. The van der Waals surface area contributed by atoms with Crippen molar-refractivity contribution in [1.29, 1.82) is 0 Å². The van der Waals surface area contributed by atoms with Crippen LogP contribution in [0.5, 0.6) is 0 Å². The van der Waals surface area contributed by atoms with Gasteiger partial charge in [0.25, 0.3) is 15.7 Å². The predicted molar refractivity (Wildman–Crippen MR) is 82.5 cm³/mol. The van der Waals surface area contributed by atoms with Crippen LogP contribution in [0.3, 0.4) is 0 Å². The average molecular weight is 336 g/mol. The molecule has 1 aliphatic rings. The molecule has 0 fully saturated rings. The van der Waals surface area contributed by atoms with Gasteiger partial charge in [-0.25, -0.2) is 12.8 Å². The minimum absolute atomic E-state index is 0.0317. The molecule has 6 nitrogen and oxygen atoms in total. The summed E-state index contributed by atoms with van der Waals surface area (Å²) in [6, 6.07) is 7.76. The van der Waals surface area contributed by atoms with Crippen molar-refractivity contribution in [2.75, 3.05) is 10.8 Å². The van der Waals surface area contributed by atoms with Crippen LogP contribution in [-0.4, -0.2) is 19.9 Å². The zero-order valence-corrected chi connectivity index (χ0v) is 13.0. The molecule has 0 saturated heterocycles. The molecule has 0 spiro atoms. The van der Waals surface area contributed by atoms with E-state index in [4.69, 9.17) is 0 Å². The van der Waals surface area contributed by atoms with Crippen molar-refractivity contribution in [3.63, 3.8) is 0 Å². The maximum Gasteiger partial charge on any atom is 0.271 e. The maximum absolute atomic E-state index is 13.4. The van der Waals surface area contributed by atoms with Gasteiger partial charge in [0.1, 0.15) is 5.82 Å². The number of nitro groups is 1. The number of hydrogen-bond acceptors (Lipinski definition) is 4. The van der Waals surface area contributed by atoms with Crippen LogP contribution in [0.25, 0.3) is 0 Å². The number of halogens is 1. The van der Waals surface area contributed by atoms with Gasteiger partial charge in [-0.3, -0.25) is 14.4 Å². The van der Waals surface area contributed by atoms with Gasteiger partial charge in [-0.15, -0.1) is 0 Å². The van der Waals surface area contributed by atoms with Crippen LogP contribution in [0.15, 0.2) is 41.3 Å². The number of sulfonamides is 1. The molecule has 0 N–H and O–H groups in total. The van der Waals surface area contributed by atoms with Crippen molar-refractivity contribution in [2.24, 2.45) is 0 Å². The van der Waals surface area contributed by atoms with Gasteiger partial charge in [0, 0.05) is 18.7 Å². The first-order valence-electron chi connectivity index (χ1n) is 6.87. The summed E-state index contributed by atoms with van der Waals surface area (Å²) in [5.74, 6) is -0.485. The van der Waals surface area contributed by atoms with E-state index in [0.29, 0.717) is 12.1 Å². The van der Waals surface area contributed by atoms with E-state index in [9.17, 15) is 22.9 Å². The highest BCUT2D eigenvalue weighted by Gasteiger charge is 2.32.